The van der Waals surface area contributed by atoms with Crippen molar-refractivity contribution in [2.45, 2.75) is 39.2 Å². The number of hydrogen-bond donors (Lipinski definition) is 1. The third-order valence-corrected chi connectivity index (χ3v) is 3.98. The van der Waals surface area contributed by atoms with Gasteiger partial charge in [-0.3, -0.25) is 0 Å². The van der Waals surface area contributed by atoms with Gasteiger partial charge in [-0.1, -0.05) is 44.0 Å². The highest BCUT2D eigenvalue weighted by atomic mass is 35.5. The van der Waals surface area contributed by atoms with Gasteiger partial charge in [0.2, 0.25) is 0 Å². The quantitative estimate of drug-likeness (QED) is 0.903. The molecule has 0 aliphatic rings. The Kier molecular flexibility index (Phi) is 4.25. The van der Waals surface area contributed by atoms with Crippen LogP contribution in [0.2, 0.25) is 10.0 Å². The summed E-state index contributed by atoms with van der Waals surface area (Å²) in [6.45, 7) is 5.80. The summed E-state index contributed by atoms with van der Waals surface area (Å²) in [6, 6.07) is 2.70. The lowest BCUT2D eigenvalue weighted by Crippen LogP contribution is -2.20. The Morgan fingerprint density at radius 3 is 2.45 bits per heavy atom. The van der Waals surface area contributed by atoms with Crippen molar-refractivity contribution in [3.05, 3.63) is 28.0 Å². The van der Waals surface area contributed by atoms with Crippen LogP contribution in [0, 0.1) is 0 Å². The van der Waals surface area contributed by atoms with E-state index in [0.29, 0.717) is 27.5 Å². The number of carboxylic acid groups (broad SMARTS) is 1. The summed E-state index contributed by atoms with van der Waals surface area (Å²) in [7, 11) is 0. The number of carbonyl (C=O) groups is 1. The van der Waals surface area contributed by atoms with Gasteiger partial charge in [-0.2, -0.15) is 0 Å². The Morgan fingerprint density at radius 2 is 1.95 bits per heavy atom. The van der Waals surface area contributed by atoms with Gasteiger partial charge in [0.05, 0.1) is 21.1 Å². The minimum Gasteiger partial charge on any atom is -0.480 e. The lowest BCUT2D eigenvalue weighted by Gasteiger charge is -2.18. The van der Waals surface area contributed by atoms with E-state index in [2.05, 4.69) is 4.98 Å². The van der Waals surface area contributed by atoms with Crippen LogP contribution in [0.4, 0.5) is 0 Å². The van der Waals surface area contributed by atoms with E-state index < -0.39 is 12.0 Å². The van der Waals surface area contributed by atoms with Crippen LogP contribution < -0.4 is 0 Å². The van der Waals surface area contributed by atoms with Gasteiger partial charge < -0.3 is 9.67 Å². The summed E-state index contributed by atoms with van der Waals surface area (Å²) in [5.41, 5.74) is 1.38. The van der Waals surface area contributed by atoms with Gasteiger partial charge in [0.15, 0.2) is 0 Å². The molecule has 0 radical (unpaired) electrons. The van der Waals surface area contributed by atoms with E-state index >= 15 is 0 Å². The first-order valence-electron chi connectivity index (χ1n) is 6.46. The van der Waals surface area contributed by atoms with E-state index in [1.54, 1.807) is 16.7 Å². The van der Waals surface area contributed by atoms with Crippen molar-refractivity contribution in [1.82, 2.24) is 9.55 Å². The maximum absolute atomic E-state index is 11.5. The van der Waals surface area contributed by atoms with Crippen LogP contribution in [0.5, 0.6) is 0 Å². The third-order valence-electron chi connectivity index (χ3n) is 3.26. The summed E-state index contributed by atoms with van der Waals surface area (Å²) < 4.78 is 1.75. The molecule has 1 aromatic heterocycles. The molecule has 1 N–H and O–H groups in total. The number of imidazole rings is 1. The molecule has 0 aliphatic carbocycles. The number of aromatic nitrogens is 2. The Bertz CT molecular complexity index is 665. The smallest absolute Gasteiger partial charge is 0.326 e. The van der Waals surface area contributed by atoms with Crippen LogP contribution in [0.25, 0.3) is 11.0 Å². The average Bonchev–Trinajstić information content (AvgIpc) is 2.70. The molecule has 0 bridgehead atoms. The van der Waals surface area contributed by atoms with Crippen molar-refractivity contribution in [3.63, 3.8) is 0 Å². The molecule has 1 atom stereocenters. The first kappa shape index (κ1) is 15.1. The van der Waals surface area contributed by atoms with Gasteiger partial charge in [0.25, 0.3) is 0 Å². The van der Waals surface area contributed by atoms with Crippen LogP contribution >= 0.6 is 23.2 Å². The van der Waals surface area contributed by atoms with E-state index in [1.165, 1.54) is 0 Å². The molecule has 4 nitrogen and oxygen atoms in total. The van der Waals surface area contributed by atoms with Gasteiger partial charge in [-0.15, -0.1) is 0 Å². The molecule has 2 aromatic rings. The molecular weight excluding hydrogens is 299 g/mol. The fraction of sp³-hybridized carbons (Fsp3) is 0.429. The molecule has 6 heteroatoms. The number of halogens is 2. The maximum atomic E-state index is 11.5. The first-order valence-corrected chi connectivity index (χ1v) is 7.22. The van der Waals surface area contributed by atoms with E-state index in [-0.39, 0.29) is 5.92 Å². The molecular formula is C14H16Cl2N2O2. The van der Waals surface area contributed by atoms with Gasteiger partial charge in [0, 0.05) is 5.92 Å². The standard InChI is InChI=1S/C14H16Cl2N2O2/c1-4-11(14(19)20)18-12-6-9(16)8(15)5-10(12)17-13(18)7(2)3/h5-7,11H,4H2,1-3H3,(H,19,20). The molecule has 1 aromatic carbocycles. The Balaban J connectivity index is 2.80. The van der Waals surface area contributed by atoms with Crippen molar-refractivity contribution < 1.29 is 9.90 Å². The lowest BCUT2D eigenvalue weighted by atomic mass is 10.1. The van der Waals surface area contributed by atoms with Crippen molar-refractivity contribution >= 4 is 40.2 Å². The maximum Gasteiger partial charge on any atom is 0.326 e. The van der Waals surface area contributed by atoms with Crippen LogP contribution in [0.15, 0.2) is 12.1 Å². The monoisotopic (exact) mass is 314 g/mol. The van der Waals surface area contributed by atoms with E-state index in [4.69, 9.17) is 23.2 Å². The average molecular weight is 315 g/mol. The summed E-state index contributed by atoms with van der Waals surface area (Å²) in [5.74, 6) is -0.0410. The SMILES string of the molecule is CCC(C(=O)O)n1c(C(C)C)nc2cc(Cl)c(Cl)cc21. The largest absolute Gasteiger partial charge is 0.480 e. The second-order valence-corrected chi connectivity index (χ2v) is 5.83. The van der Waals surface area contributed by atoms with Gasteiger partial charge >= 0.3 is 5.97 Å². The van der Waals surface area contributed by atoms with Crippen molar-refractivity contribution in [2.75, 3.05) is 0 Å². The normalized spacial score (nSPS) is 13.1. The summed E-state index contributed by atoms with van der Waals surface area (Å²) >= 11 is 12.1. The van der Waals surface area contributed by atoms with Gasteiger partial charge in [-0.05, 0) is 18.6 Å². The highest BCUT2D eigenvalue weighted by Crippen LogP contribution is 2.33. The fourth-order valence-electron chi connectivity index (χ4n) is 2.31. The molecule has 0 amide bonds. The predicted octanol–water partition coefficient (Wildman–Crippen LogP) is 4.50. The minimum atomic E-state index is -0.875. The first-order chi connectivity index (χ1) is 9.36. The summed E-state index contributed by atoms with van der Waals surface area (Å²) in [4.78, 5) is 16.0. The van der Waals surface area contributed by atoms with E-state index in [0.717, 1.165) is 5.82 Å². The van der Waals surface area contributed by atoms with Gasteiger partial charge in [0.1, 0.15) is 11.9 Å². The number of benzene rings is 1. The fourth-order valence-corrected chi connectivity index (χ4v) is 2.63. The Morgan fingerprint density at radius 1 is 1.35 bits per heavy atom. The number of nitrogens with zero attached hydrogens (tertiary/aromatic N) is 2. The Labute approximate surface area is 127 Å². The molecule has 20 heavy (non-hydrogen) atoms. The predicted molar refractivity (Wildman–Crippen MR) is 80.8 cm³/mol. The number of rotatable bonds is 4. The molecule has 0 spiro atoms. The highest BCUT2D eigenvalue weighted by Gasteiger charge is 2.25. The van der Waals surface area contributed by atoms with Crippen molar-refractivity contribution in [1.29, 1.82) is 0 Å². The lowest BCUT2D eigenvalue weighted by molar-refractivity contribution is -0.140. The summed E-state index contributed by atoms with van der Waals surface area (Å²) in [5, 5.41) is 10.2. The van der Waals surface area contributed by atoms with Crippen molar-refractivity contribution in [3.8, 4) is 0 Å². The number of aliphatic carboxylic acids is 1. The minimum absolute atomic E-state index is 0.105. The number of carboxylic acids is 1. The third kappa shape index (κ3) is 2.50. The highest BCUT2D eigenvalue weighted by molar-refractivity contribution is 6.42. The zero-order valence-electron chi connectivity index (χ0n) is 11.5. The molecule has 1 heterocycles. The van der Waals surface area contributed by atoms with E-state index in [1.807, 2.05) is 20.8 Å². The summed E-state index contributed by atoms with van der Waals surface area (Å²) in [6.07, 6.45) is 0.473. The van der Waals surface area contributed by atoms with Crippen molar-refractivity contribution in [2.24, 2.45) is 0 Å². The molecule has 0 fully saturated rings. The molecule has 0 aliphatic heterocycles. The Hall–Kier alpha value is -1.26. The molecule has 2 rings (SSSR count). The zero-order chi connectivity index (χ0) is 15.0. The second-order valence-electron chi connectivity index (χ2n) is 5.01. The van der Waals surface area contributed by atoms with Crippen LogP contribution in [-0.4, -0.2) is 20.6 Å². The molecule has 1 unspecified atom stereocenters. The van der Waals surface area contributed by atoms with Gasteiger partial charge in [-0.25, -0.2) is 9.78 Å². The van der Waals surface area contributed by atoms with E-state index in [9.17, 15) is 9.90 Å². The van der Waals surface area contributed by atoms with Crippen LogP contribution in [0.1, 0.15) is 45.0 Å². The molecule has 0 saturated heterocycles. The van der Waals surface area contributed by atoms with Crippen LogP contribution in [0.3, 0.4) is 0 Å². The molecule has 0 saturated carbocycles. The second kappa shape index (κ2) is 5.62. The number of fused-ring (bicyclic) bond motifs is 1. The van der Waals surface area contributed by atoms with Crippen LogP contribution in [-0.2, 0) is 4.79 Å². The zero-order valence-corrected chi connectivity index (χ0v) is 13.0. The number of hydrogen-bond acceptors (Lipinski definition) is 2. The molecule has 108 valence electrons. The topological polar surface area (TPSA) is 55.1 Å².